The van der Waals surface area contributed by atoms with Gasteiger partial charge in [0.1, 0.15) is 12.0 Å². The first-order chi connectivity index (χ1) is 13.7. The van der Waals surface area contributed by atoms with Crippen molar-refractivity contribution in [1.82, 2.24) is 14.9 Å². The Morgan fingerprint density at radius 2 is 1.75 bits per heavy atom. The van der Waals surface area contributed by atoms with Crippen LogP contribution in [0.4, 0.5) is 23.0 Å². The van der Waals surface area contributed by atoms with E-state index in [1.807, 2.05) is 24.3 Å². The highest BCUT2D eigenvalue weighted by Gasteiger charge is 2.21. The van der Waals surface area contributed by atoms with Crippen molar-refractivity contribution in [2.75, 3.05) is 42.1 Å². The van der Waals surface area contributed by atoms with Gasteiger partial charge in [0.25, 0.3) is 0 Å². The molecule has 1 aliphatic rings. The lowest BCUT2D eigenvalue weighted by molar-refractivity contribution is 0.249. The highest BCUT2D eigenvalue weighted by molar-refractivity contribution is 9.10. The number of nitrogens with two attached hydrogens (primary N) is 1. The molecule has 0 spiro atoms. The number of hydrogen-bond donors (Lipinski definition) is 2. The summed E-state index contributed by atoms with van der Waals surface area (Å²) in [5.41, 5.74) is 9.26. The number of piperazine rings is 1. The van der Waals surface area contributed by atoms with Crippen molar-refractivity contribution in [3.63, 3.8) is 0 Å². The summed E-state index contributed by atoms with van der Waals surface area (Å²) in [5.74, 6) is 1.43. The van der Waals surface area contributed by atoms with Gasteiger partial charge >= 0.3 is 0 Å². The van der Waals surface area contributed by atoms with Crippen LogP contribution in [0.3, 0.4) is 0 Å². The van der Waals surface area contributed by atoms with Gasteiger partial charge in [-0.1, -0.05) is 52.3 Å². The minimum Gasteiger partial charge on any atom is -0.393 e. The van der Waals surface area contributed by atoms with Crippen LogP contribution in [-0.4, -0.2) is 41.0 Å². The number of nitrogens with zero attached hydrogens (tertiary/aromatic N) is 4. The third-order valence-electron chi connectivity index (χ3n) is 4.87. The first-order valence-electron chi connectivity index (χ1n) is 9.33. The molecule has 2 aromatic carbocycles. The first kappa shape index (κ1) is 18.7. The highest BCUT2D eigenvalue weighted by Crippen LogP contribution is 2.29. The average Bonchev–Trinajstić information content (AvgIpc) is 2.71. The molecule has 1 aliphatic heterocycles. The Morgan fingerprint density at radius 1 is 0.964 bits per heavy atom. The van der Waals surface area contributed by atoms with Gasteiger partial charge in [0.2, 0.25) is 0 Å². The second-order valence-electron chi connectivity index (χ2n) is 6.84. The van der Waals surface area contributed by atoms with E-state index >= 15 is 0 Å². The molecule has 0 radical (unpaired) electrons. The van der Waals surface area contributed by atoms with Crippen molar-refractivity contribution in [2.45, 2.75) is 6.54 Å². The molecule has 2 heterocycles. The molecule has 1 saturated heterocycles. The van der Waals surface area contributed by atoms with Gasteiger partial charge in [-0.05, 0) is 23.8 Å². The third kappa shape index (κ3) is 4.43. The monoisotopic (exact) mass is 438 g/mol. The van der Waals surface area contributed by atoms with Crippen LogP contribution in [0.1, 0.15) is 5.56 Å². The Labute approximate surface area is 173 Å². The van der Waals surface area contributed by atoms with Gasteiger partial charge in [0.05, 0.1) is 0 Å². The molecule has 0 amide bonds. The Morgan fingerprint density at radius 3 is 2.50 bits per heavy atom. The Balaban J connectivity index is 1.42. The van der Waals surface area contributed by atoms with Crippen molar-refractivity contribution in [3.05, 3.63) is 71.0 Å². The number of rotatable bonds is 5. The quantitative estimate of drug-likeness (QED) is 0.629. The minimum absolute atomic E-state index is 0.582. The van der Waals surface area contributed by atoms with Crippen LogP contribution in [-0.2, 0) is 6.54 Å². The fourth-order valence-electron chi connectivity index (χ4n) is 3.40. The maximum Gasteiger partial charge on any atom is 0.159 e. The Hall–Kier alpha value is -2.64. The van der Waals surface area contributed by atoms with E-state index < -0.39 is 0 Å². The zero-order valence-electron chi connectivity index (χ0n) is 15.6. The zero-order chi connectivity index (χ0) is 19.3. The number of anilines is 4. The van der Waals surface area contributed by atoms with Crippen molar-refractivity contribution < 1.29 is 0 Å². The largest absolute Gasteiger partial charge is 0.393 e. The molecule has 6 nitrogen and oxygen atoms in total. The van der Waals surface area contributed by atoms with Crippen LogP contribution in [0, 0.1) is 0 Å². The molecule has 1 fully saturated rings. The zero-order valence-corrected chi connectivity index (χ0v) is 17.1. The predicted octanol–water partition coefficient (Wildman–Crippen LogP) is 3.89. The van der Waals surface area contributed by atoms with E-state index in [9.17, 15) is 0 Å². The van der Waals surface area contributed by atoms with Gasteiger partial charge in [0, 0.05) is 42.9 Å². The van der Waals surface area contributed by atoms with E-state index in [1.54, 1.807) is 6.33 Å². The van der Waals surface area contributed by atoms with E-state index in [1.165, 1.54) is 5.56 Å². The standard InChI is InChI=1S/C21H23BrN6/c22-17-7-4-8-18(13-17)26-20-19(23)21(25-15-24-20)28-11-9-27(10-12-28)14-16-5-2-1-3-6-16/h1-8,13,15H,9-12,14,23H2,(H,24,25,26). The van der Waals surface area contributed by atoms with Gasteiger partial charge in [-0.3, -0.25) is 4.90 Å². The van der Waals surface area contributed by atoms with E-state index in [-0.39, 0.29) is 0 Å². The summed E-state index contributed by atoms with van der Waals surface area (Å²) in [6, 6.07) is 18.5. The maximum atomic E-state index is 6.40. The highest BCUT2D eigenvalue weighted by atomic mass is 79.9. The molecule has 0 aliphatic carbocycles. The summed E-state index contributed by atoms with van der Waals surface area (Å²) in [6.07, 6.45) is 1.57. The number of nitrogen functional groups attached to an aromatic ring is 1. The third-order valence-corrected chi connectivity index (χ3v) is 5.36. The Bertz CT molecular complexity index is 925. The van der Waals surface area contributed by atoms with Crippen LogP contribution in [0.15, 0.2) is 65.4 Å². The van der Waals surface area contributed by atoms with E-state index in [2.05, 4.69) is 71.3 Å². The lowest BCUT2D eigenvalue weighted by Crippen LogP contribution is -2.46. The molecule has 0 bridgehead atoms. The van der Waals surface area contributed by atoms with Crippen LogP contribution >= 0.6 is 15.9 Å². The summed E-state index contributed by atoms with van der Waals surface area (Å²) in [4.78, 5) is 13.5. The van der Waals surface area contributed by atoms with Gasteiger partial charge in [-0.25, -0.2) is 9.97 Å². The van der Waals surface area contributed by atoms with Crippen LogP contribution in [0.5, 0.6) is 0 Å². The molecule has 144 valence electrons. The fourth-order valence-corrected chi connectivity index (χ4v) is 3.80. The average molecular weight is 439 g/mol. The van der Waals surface area contributed by atoms with Crippen LogP contribution in [0.25, 0.3) is 0 Å². The molecule has 28 heavy (non-hydrogen) atoms. The normalized spacial score (nSPS) is 14.8. The van der Waals surface area contributed by atoms with Gasteiger partial charge in [0.15, 0.2) is 11.6 Å². The molecule has 7 heteroatoms. The van der Waals surface area contributed by atoms with Crippen molar-refractivity contribution in [2.24, 2.45) is 0 Å². The molecule has 1 aromatic heterocycles. The second-order valence-corrected chi connectivity index (χ2v) is 7.76. The van der Waals surface area contributed by atoms with Gasteiger partial charge in [-0.2, -0.15) is 0 Å². The van der Waals surface area contributed by atoms with Gasteiger partial charge in [-0.15, -0.1) is 0 Å². The van der Waals surface area contributed by atoms with E-state index in [4.69, 9.17) is 5.73 Å². The van der Waals surface area contributed by atoms with Crippen LogP contribution in [0.2, 0.25) is 0 Å². The summed E-state index contributed by atoms with van der Waals surface area (Å²) < 4.78 is 1.000. The minimum atomic E-state index is 0.582. The van der Waals surface area contributed by atoms with E-state index in [0.29, 0.717) is 11.5 Å². The Kier molecular flexibility index (Phi) is 5.73. The topological polar surface area (TPSA) is 70.3 Å². The van der Waals surface area contributed by atoms with E-state index in [0.717, 1.165) is 48.7 Å². The molecule has 0 unspecified atom stereocenters. The molecule has 3 N–H and O–H groups in total. The summed E-state index contributed by atoms with van der Waals surface area (Å²) in [7, 11) is 0. The number of aromatic nitrogens is 2. The number of halogens is 1. The second kappa shape index (κ2) is 8.58. The molecule has 0 saturated carbocycles. The van der Waals surface area contributed by atoms with Crippen LogP contribution < -0.4 is 16.0 Å². The summed E-state index contributed by atoms with van der Waals surface area (Å²) in [5, 5.41) is 3.29. The number of hydrogen-bond acceptors (Lipinski definition) is 6. The predicted molar refractivity (Wildman–Crippen MR) is 118 cm³/mol. The van der Waals surface area contributed by atoms with Gasteiger partial charge < -0.3 is 16.0 Å². The lowest BCUT2D eigenvalue weighted by atomic mass is 10.2. The summed E-state index contributed by atoms with van der Waals surface area (Å²) in [6.45, 7) is 4.72. The number of nitrogens with one attached hydrogen (secondary N) is 1. The number of benzene rings is 2. The molecule has 0 atom stereocenters. The van der Waals surface area contributed by atoms with Crippen molar-refractivity contribution >= 4 is 38.9 Å². The SMILES string of the molecule is Nc1c(Nc2cccc(Br)c2)ncnc1N1CCN(Cc2ccccc2)CC1. The van der Waals surface area contributed by atoms with Crippen molar-refractivity contribution in [1.29, 1.82) is 0 Å². The molecular weight excluding hydrogens is 416 g/mol. The molecule has 3 aromatic rings. The molecule has 4 rings (SSSR count). The maximum absolute atomic E-state index is 6.40. The first-order valence-corrected chi connectivity index (χ1v) is 10.1. The lowest BCUT2D eigenvalue weighted by Gasteiger charge is -2.36. The fraction of sp³-hybridized carbons (Fsp3) is 0.238. The molecular formula is C21H23BrN6. The van der Waals surface area contributed by atoms with Crippen molar-refractivity contribution in [3.8, 4) is 0 Å². The summed E-state index contributed by atoms with van der Waals surface area (Å²) >= 11 is 3.48. The smallest absolute Gasteiger partial charge is 0.159 e.